The number of ether oxygens (including phenoxy) is 2. The van der Waals surface area contributed by atoms with Gasteiger partial charge >= 0.3 is 5.97 Å². The Hall–Kier alpha value is -3.09. The molecule has 1 aliphatic heterocycles. The molecular formula is C23H24FN3O6S2. The van der Waals surface area contributed by atoms with Gasteiger partial charge in [0.15, 0.2) is 4.80 Å². The number of hydrogen-bond acceptors (Lipinski definition) is 7. The van der Waals surface area contributed by atoms with E-state index in [0.29, 0.717) is 30.7 Å². The zero-order valence-corrected chi connectivity index (χ0v) is 20.8. The van der Waals surface area contributed by atoms with E-state index in [1.807, 2.05) is 6.92 Å². The summed E-state index contributed by atoms with van der Waals surface area (Å²) in [6.07, 6.45) is 0.789. The summed E-state index contributed by atoms with van der Waals surface area (Å²) < 4.78 is 53.3. The molecule has 4 rings (SSSR count). The quantitative estimate of drug-likeness (QED) is 0.443. The Balaban J connectivity index is 1.73. The molecule has 9 nitrogen and oxygen atoms in total. The van der Waals surface area contributed by atoms with Crippen LogP contribution in [-0.4, -0.2) is 55.5 Å². The summed E-state index contributed by atoms with van der Waals surface area (Å²) in [7, 11) is -2.75. The molecule has 1 aromatic heterocycles. The number of sulfonamides is 1. The standard InChI is InChI=1S/C23H24FN3O6S2/c1-3-33-16-8-11-18-20(13-16)34-23(26(18)14-21(28)32-2)25-22(29)19-5-4-12-27(19)35(30,31)17-9-6-15(24)7-10-17/h6-11,13,19H,3-5,12,14H2,1-2H3. The fourth-order valence-corrected chi connectivity index (χ4v) is 6.64. The first-order valence-corrected chi connectivity index (χ1v) is 13.2. The maximum Gasteiger partial charge on any atom is 0.325 e. The highest BCUT2D eigenvalue weighted by atomic mass is 32.2. The molecule has 0 bridgehead atoms. The molecule has 1 amide bonds. The predicted octanol–water partition coefficient (Wildman–Crippen LogP) is 2.69. The van der Waals surface area contributed by atoms with E-state index in [2.05, 4.69) is 4.99 Å². The van der Waals surface area contributed by atoms with Crippen LogP contribution in [0.3, 0.4) is 0 Å². The van der Waals surface area contributed by atoms with E-state index in [0.717, 1.165) is 21.1 Å². The first-order valence-electron chi connectivity index (χ1n) is 10.9. The minimum Gasteiger partial charge on any atom is -0.494 e. The van der Waals surface area contributed by atoms with Gasteiger partial charge in [-0.3, -0.25) is 9.59 Å². The number of carbonyl (C=O) groups excluding carboxylic acids is 2. The van der Waals surface area contributed by atoms with E-state index in [-0.39, 0.29) is 22.8 Å². The molecule has 186 valence electrons. The van der Waals surface area contributed by atoms with Crippen molar-refractivity contribution >= 4 is 43.5 Å². The van der Waals surface area contributed by atoms with Crippen molar-refractivity contribution in [3.8, 4) is 5.75 Å². The number of aromatic nitrogens is 1. The van der Waals surface area contributed by atoms with Gasteiger partial charge in [-0.15, -0.1) is 0 Å². The number of hydrogen-bond donors (Lipinski definition) is 0. The fourth-order valence-electron chi connectivity index (χ4n) is 3.93. The molecular weight excluding hydrogens is 497 g/mol. The molecule has 12 heteroatoms. The van der Waals surface area contributed by atoms with E-state index >= 15 is 0 Å². The van der Waals surface area contributed by atoms with Crippen LogP contribution in [0.4, 0.5) is 4.39 Å². The van der Waals surface area contributed by atoms with Gasteiger partial charge in [-0.1, -0.05) is 11.3 Å². The summed E-state index contributed by atoms with van der Waals surface area (Å²) in [5.41, 5.74) is 0.664. The van der Waals surface area contributed by atoms with Crippen LogP contribution in [0.2, 0.25) is 0 Å². The van der Waals surface area contributed by atoms with Gasteiger partial charge in [0.2, 0.25) is 10.0 Å². The number of thiazole rings is 1. The molecule has 35 heavy (non-hydrogen) atoms. The number of methoxy groups -OCH3 is 1. The Morgan fingerprint density at radius 1 is 1.20 bits per heavy atom. The van der Waals surface area contributed by atoms with Crippen molar-refractivity contribution in [1.29, 1.82) is 0 Å². The highest BCUT2D eigenvalue weighted by Gasteiger charge is 2.39. The molecule has 1 fully saturated rings. The van der Waals surface area contributed by atoms with Gasteiger partial charge in [0, 0.05) is 6.54 Å². The molecule has 0 N–H and O–H groups in total. The molecule has 0 spiro atoms. The van der Waals surface area contributed by atoms with Crippen LogP contribution in [0.15, 0.2) is 52.4 Å². The van der Waals surface area contributed by atoms with Crippen molar-refractivity contribution in [2.45, 2.75) is 37.2 Å². The van der Waals surface area contributed by atoms with Crippen LogP contribution in [0.1, 0.15) is 19.8 Å². The smallest absolute Gasteiger partial charge is 0.325 e. The molecule has 1 saturated heterocycles. The topological polar surface area (TPSA) is 107 Å². The highest BCUT2D eigenvalue weighted by molar-refractivity contribution is 7.89. The largest absolute Gasteiger partial charge is 0.494 e. The third-order valence-corrected chi connectivity index (χ3v) is 8.56. The van der Waals surface area contributed by atoms with Crippen molar-refractivity contribution in [2.24, 2.45) is 4.99 Å². The first-order chi connectivity index (χ1) is 16.7. The summed E-state index contributed by atoms with van der Waals surface area (Å²) in [6, 6.07) is 8.79. The minimum absolute atomic E-state index is 0.0929. The SMILES string of the molecule is CCOc1ccc2c(c1)sc(=NC(=O)C1CCCN1S(=O)(=O)c1ccc(F)cc1)n2CC(=O)OC. The van der Waals surface area contributed by atoms with E-state index in [1.165, 1.54) is 30.6 Å². The maximum absolute atomic E-state index is 13.3. The zero-order valence-electron chi connectivity index (χ0n) is 19.1. The Labute approximate surface area is 205 Å². The van der Waals surface area contributed by atoms with Crippen molar-refractivity contribution in [1.82, 2.24) is 8.87 Å². The number of esters is 1. The summed E-state index contributed by atoms with van der Waals surface area (Å²) in [6.45, 7) is 2.33. The predicted molar refractivity (Wildman–Crippen MR) is 127 cm³/mol. The summed E-state index contributed by atoms with van der Waals surface area (Å²) >= 11 is 1.19. The van der Waals surface area contributed by atoms with Gasteiger partial charge in [0.1, 0.15) is 24.2 Å². The lowest BCUT2D eigenvalue weighted by Crippen LogP contribution is -2.40. The van der Waals surface area contributed by atoms with E-state index in [4.69, 9.17) is 9.47 Å². The number of nitrogens with zero attached hydrogens (tertiary/aromatic N) is 3. The summed E-state index contributed by atoms with van der Waals surface area (Å²) in [4.78, 5) is 29.7. The number of benzene rings is 2. The first kappa shape index (κ1) is 25.0. The Kier molecular flexibility index (Phi) is 7.33. The average Bonchev–Trinajstić information content (AvgIpc) is 3.45. The van der Waals surface area contributed by atoms with Crippen molar-refractivity contribution < 1.29 is 31.9 Å². The molecule has 0 aliphatic carbocycles. The lowest BCUT2D eigenvalue weighted by Gasteiger charge is -2.21. The van der Waals surface area contributed by atoms with Crippen LogP contribution >= 0.6 is 11.3 Å². The van der Waals surface area contributed by atoms with Gasteiger partial charge in [-0.05, 0) is 62.2 Å². The van der Waals surface area contributed by atoms with Crippen LogP contribution in [-0.2, 0) is 30.9 Å². The normalized spacial score (nSPS) is 17.1. The van der Waals surface area contributed by atoms with E-state index in [9.17, 15) is 22.4 Å². The minimum atomic E-state index is -4.02. The molecule has 1 unspecified atom stereocenters. The number of carbonyl (C=O) groups is 2. The van der Waals surface area contributed by atoms with Crippen LogP contribution < -0.4 is 9.54 Å². The number of fused-ring (bicyclic) bond motifs is 1. The maximum atomic E-state index is 13.3. The van der Waals surface area contributed by atoms with Crippen molar-refractivity contribution in [3.05, 3.63) is 53.1 Å². The second-order valence-corrected chi connectivity index (χ2v) is 10.7. The Morgan fingerprint density at radius 2 is 1.94 bits per heavy atom. The monoisotopic (exact) mass is 521 g/mol. The van der Waals surface area contributed by atoms with Crippen molar-refractivity contribution in [2.75, 3.05) is 20.3 Å². The van der Waals surface area contributed by atoms with Crippen LogP contribution in [0.5, 0.6) is 5.75 Å². The molecule has 0 radical (unpaired) electrons. The second-order valence-electron chi connectivity index (χ2n) is 7.79. The molecule has 1 atom stereocenters. The highest BCUT2D eigenvalue weighted by Crippen LogP contribution is 2.28. The van der Waals surface area contributed by atoms with Gasteiger partial charge in [0.05, 0.1) is 28.8 Å². The molecule has 2 heterocycles. The molecule has 1 aliphatic rings. The number of halogens is 1. The van der Waals surface area contributed by atoms with Crippen LogP contribution in [0.25, 0.3) is 10.2 Å². The van der Waals surface area contributed by atoms with E-state index in [1.54, 1.807) is 22.8 Å². The molecule has 2 aromatic carbocycles. The van der Waals surface area contributed by atoms with Gasteiger partial charge in [-0.25, -0.2) is 12.8 Å². The van der Waals surface area contributed by atoms with E-state index < -0.39 is 33.8 Å². The summed E-state index contributed by atoms with van der Waals surface area (Å²) in [5.74, 6) is -1.07. The van der Waals surface area contributed by atoms with Gasteiger partial charge in [0.25, 0.3) is 5.91 Å². The second kappa shape index (κ2) is 10.3. The lowest BCUT2D eigenvalue weighted by atomic mass is 10.2. The van der Waals surface area contributed by atoms with Crippen molar-refractivity contribution in [3.63, 3.8) is 0 Å². The average molecular weight is 522 g/mol. The Morgan fingerprint density at radius 3 is 2.63 bits per heavy atom. The lowest BCUT2D eigenvalue weighted by molar-refractivity contribution is -0.141. The van der Waals surface area contributed by atoms with Gasteiger partial charge in [-0.2, -0.15) is 9.30 Å². The summed E-state index contributed by atoms with van der Waals surface area (Å²) in [5, 5.41) is 0. The number of amides is 1. The third kappa shape index (κ3) is 5.14. The third-order valence-electron chi connectivity index (χ3n) is 5.59. The molecule has 0 saturated carbocycles. The number of rotatable bonds is 7. The fraction of sp³-hybridized carbons (Fsp3) is 0.348. The zero-order chi connectivity index (χ0) is 25.2. The molecule has 3 aromatic rings. The van der Waals surface area contributed by atoms with Crippen LogP contribution in [0, 0.1) is 5.82 Å². The van der Waals surface area contributed by atoms with Gasteiger partial charge < -0.3 is 14.0 Å². The Bertz CT molecular complexity index is 1430.